The highest BCUT2D eigenvalue weighted by Crippen LogP contribution is 2.30. The Balaban J connectivity index is 1.37. The van der Waals surface area contributed by atoms with Crippen LogP contribution in [-0.4, -0.2) is 39.5 Å². The van der Waals surface area contributed by atoms with E-state index in [1.165, 1.54) is 16.9 Å². The fourth-order valence-electron chi connectivity index (χ4n) is 2.85. The maximum atomic E-state index is 6.16. The van der Waals surface area contributed by atoms with Gasteiger partial charge >= 0.3 is 0 Å². The lowest BCUT2D eigenvalue weighted by atomic mass is 10.1. The summed E-state index contributed by atoms with van der Waals surface area (Å²) in [6.07, 6.45) is 2.17. The standard InChI is InChI=1S/C17H19N5O2S/c1-11-5-3-4-6-14(11)23-13-7-9-22(10-8-13)17-20-19-16(25-17)15-18-12(2)24-21-15/h3-6,13H,7-10H2,1-2H3. The molecule has 2 aromatic heterocycles. The van der Waals surface area contributed by atoms with Gasteiger partial charge in [-0.05, 0) is 18.6 Å². The van der Waals surface area contributed by atoms with E-state index >= 15 is 0 Å². The molecule has 1 saturated heterocycles. The van der Waals surface area contributed by atoms with E-state index in [-0.39, 0.29) is 6.10 Å². The first kappa shape index (κ1) is 16.0. The predicted molar refractivity (Wildman–Crippen MR) is 95.0 cm³/mol. The Morgan fingerprint density at radius 2 is 1.96 bits per heavy atom. The van der Waals surface area contributed by atoms with Crippen LogP contribution in [0, 0.1) is 13.8 Å². The maximum absolute atomic E-state index is 6.16. The summed E-state index contributed by atoms with van der Waals surface area (Å²) in [7, 11) is 0. The normalized spacial score (nSPS) is 15.5. The number of hydrogen-bond donors (Lipinski definition) is 0. The van der Waals surface area contributed by atoms with Gasteiger partial charge in [0.05, 0.1) is 0 Å². The van der Waals surface area contributed by atoms with Crippen LogP contribution in [0.5, 0.6) is 5.75 Å². The van der Waals surface area contributed by atoms with Crippen molar-refractivity contribution in [2.75, 3.05) is 18.0 Å². The largest absolute Gasteiger partial charge is 0.490 e. The summed E-state index contributed by atoms with van der Waals surface area (Å²) in [5, 5.41) is 13.9. The summed E-state index contributed by atoms with van der Waals surface area (Å²) in [5.74, 6) is 2.01. The van der Waals surface area contributed by atoms with Gasteiger partial charge in [0.2, 0.25) is 16.8 Å². The van der Waals surface area contributed by atoms with Crippen molar-refractivity contribution in [3.8, 4) is 16.6 Å². The molecule has 3 heterocycles. The highest BCUT2D eigenvalue weighted by Gasteiger charge is 2.24. The Hall–Kier alpha value is -2.48. The Kier molecular flexibility index (Phi) is 4.35. The zero-order valence-corrected chi connectivity index (χ0v) is 15.0. The Morgan fingerprint density at radius 1 is 1.16 bits per heavy atom. The minimum Gasteiger partial charge on any atom is -0.490 e. The van der Waals surface area contributed by atoms with E-state index in [0.717, 1.165) is 36.8 Å². The topological polar surface area (TPSA) is 77.2 Å². The molecule has 0 saturated carbocycles. The van der Waals surface area contributed by atoms with Gasteiger partial charge in [0.15, 0.2) is 5.01 Å². The van der Waals surface area contributed by atoms with Crippen molar-refractivity contribution in [1.82, 2.24) is 20.3 Å². The second-order valence-electron chi connectivity index (χ2n) is 6.10. The second-order valence-corrected chi connectivity index (χ2v) is 7.05. The van der Waals surface area contributed by atoms with Crippen molar-refractivity contribution in [2.45, 2.75) is 32.8 Å². The Labute approximate surface area is 149 Å². The van der Waals surface area contributed by atoms with E-state index in [1.807, 2.05) is 18.2 Å². The van der Waals surface area contributed by atoms with Crippen LogP contribution in [0.1, 0.15) is 24.3 Å². The highest BCUT2D eigenvalue weighted by molar-refractivity contribution is 7.18. The van der Waals surface area contributed by atoms with Gasteiger partial charge < -0.3 is 14.2 Å². The molecule has 0 unspecified atom stereocenters. The summed E-state index contributed by atoms with van der Waals surface area (Å²) in [5.41, 5.74) is 1.18. The van der Waals surface area contributed by atoms with Crippen molar-refractivity contribution >= 4 is 16.5 Å². The summed E-state index contributed by atoms with van der Waals surface area (Å²) < 4.78 is 11.2. The van der Waals surface area contributed by atoms with Gasteiger partial charge in [-0.3, -0.25) is 0 Å². The minimum absolute atomic E-state index is 0.240. The third-order valence-electron chi connectivity index (χ3n) is 4.23. The third kappa shape index (κ3) is 3.48. The zero-order chi connectivity index (χ0) is 17.2. The van der Waals surface area contributed by atoms with Crippen molar-refractivity contribution in [2.24, 2.45) is 0 Å². The van der Waals surface area contributed by atoms with Gasteiger partial charge in [0.1, 0.15) is 11.9 Å². The average molecular weight is 357 g/mol. The van der Waals surface area contributed by atoms with Gasteiger partial charge in [-0.15, -0.1) is 10.2 Å². The van der Waals surface area contributed by atoms with E-state index in [9.17, 15) is 0 Å². The van der Waals surface area contributed by atoms with Crippen LogP contribution in [0.25, 0.3) is 10.8 Å². The van der Waals surface area contributed by atoms with Crippen LogP contribution in [0.15, 0.2) is 28.8 Å². The van der Waals surface area contributed by atoms with Crippen molar-refractivity contribution in [1.29, 1.82) is 0 Å². The summed E-state index contributed by atoms with van der Waals surface area (Å²) >= 11 is 1.49. The van der Waals surface area contributed by atoms with Gasteiger partial charge in [-0.2, -0.15) is 4.98 Å². The summed E-state index contributed by atoms with van der Waals surface area (Å²) in [4.78, 5) is 6.44. The zero-order valence-electron chi connectivity index (χ0n) is 14.2. The number of nitrogens with zero attached hydrogens (tertiary/aromatic N) is 5. The van der Waals surface area contributed by atoms with Gasteiger partial charge in [-0.25, -0.2) is 0 Å². The number of benzene rings is 1. The van der Waals surface area contributed by atoms with E-state index in [2.05, 4.69) is 38.2 Å². The number of para-hydroxylation sites is 1. The molecule has 0 spiro atoms. The third-order valence-corrected chi connectivity index (χ3v) is 5.21. The van der Waals surface area contributed by atoms with Crippen LogP contribution in [0.4, 0.5) is 5.13 Å². The molecule has 7 nitrogen and oxygen atoms in total. The first-order chi connectivity index (χ1) is 12.2. The molecule has 0 atom stereocenters. The number of aromatic nitrogens is 4. The molecule has 0 N–H and O–H groups in total. The fourth-order valence-corrected chi connectivity index (χ4v) is 3.68. The van der Waals surface area contributed by atoms with Gasteiger partial charge in [0.25, 0.3) is 0 Å². The molecule has 0 bridgehead atoms. The van der Waals surface area contributed by atoms with E-state index in [1.54, 1.807) is 6.92 Å². The Bertz CT molecular complexity index is 854. The maximum Gasteiger partial charge on any atom is 0.233 e. The quantitative estimate of drug-likeness (QED) is 0.709. The number of aryl methyl sites for hydroxylation is 2. The lowest BCUT2D eigenvalue weighted by molar-refractivity contribution is 0.170. The van der Waals surface area contributed by atoms with Crippen molar-refractivity contribution < 1.29 is 9.26 Å². The lowest BCUT2D eigenvalue weighted by Crippen LogP contribution is -2.38. The molecule has 25 heavy (non-hydrogen) atoms. The molecule has 1 aliphatic heterocycles. The SMILES string of the molecule is Cc1nc(-c2nnc(N3CCC(Oc4ccccc4C)CC3)s2)no1. The number of piperidine rings is 1. The summed E-state index contributed by atoms with van der Waals surface area (Å²) in [6, 6.07) is 8.15. The summed E-state index contributed by atoms with van der Waals surface area (Å²) in [6.45, 7) is 5.64. The average Bonchev–Trinajstić information content (AvgIpc) is 3.27. The van der Waals surface area contributed by atoms with Gasteiger partial charge in [0, 0.05) is 32.9 Å². The molecule has 0 amide bonds. The van der Waals surface area contributed by atoms with E-state index < -0.39 is 0 Å². The molecule has 1 fully saturated rings. The molecule has 0 radical (unpaired) electrons. The first-order valence-electron chi connectivity index (χ1n) is 8.30. The molecular formula is C17H19N5O2S. The van der Waals surface area contributed by atoms with Crippen LogP contribution >= 0.6 is 11.3 Å². The van der Waals surface area contributed by atoms with E-state index in [4.69, 9.17) is 9.26 Å². The molecule has 3 aromatic rings. The molecule has 0 aliphatic carbocycles. The van der Waals surface area contributed by atoms with Crippen LogP contribution < -0.4 is 9.64 Å². The molecular weight excluding hydrogens is 338 g/mol. The van der Waals surface area contributed by atoms with Crippen LogP contribution in [-0.2, 0) is 0 Å². The fraction of sp³-hybridized carbons (Fsp3) is 0.412. The van der Waals surface area contributed by atoms with Crippen LogP contribution in [0.3, 0.4) is 0 Å². The minimum atomic E-state index is 0.240. The molecule has 4 rings (SSSR count). The van der Waals surface area contributed by atoms with Crippen molar-refractivity contribution in [3.05, 3.63) is 35.7 Å². The molecule has 130 valence electrons. The second kappa shape index (κ2) is 6.79. The van der Waals surface area contributed by atoms with Crippen molar-refractivity contribution in [3.63, 3.8) is 0 Å². The predicted octanol–water partition coefficient (Wildman–Crippen LogP) is 3.25. The number of rotatable bonds is 4. The Morgan fingerprint density at radius 3 is 2.68 bits per heavy atom. The number of hydrogen-bond acceptors (Lipinski definition) is 8. The smallest absolute Gasteiger partial charge is 0.233 e. The van der Waals surface area contributed by atoms with Gasteiger partial charge in [-0.1, -0.05) is 34.7 Å². The highest BCUT2D eigenvalue weighted by atomic mass is 32.1. The first-order valence-corrected chi connectivity index (χ1v) is 9.12. The number of anilines is 1. The molecule has 1 aromatic carbocycles. The van der Waals surface area contributed by atoms with E-state index in [0.29, 0.717) is 16.7 Å². The molecule has 1 aliphatic rings. The number of ether oxygens (including phenoxy) is 1. The monoisotopic (exact) mass is 357 g/mol. The van der Waals surface area contributed by atoms with Crippen LogP contribution in [0.2, 0.25) is 0 Å². The lowest BCUT2D eigenvalue weighted by Gasteiger charge is -2.31. The molecule has 8 heteroatoms.